The van der Waals surface area contributed by atoms with Gasteiger partial charge in [-0.25, -0.2) is 0 Å². The molecule has 1 fully saturated rings. The lowest BCUT2D eigenvalue weighted by molar-refractivity contribution is 0.0810. The summed E-state index contributed by atoms with van der Waals surface area (Å²) in [7, 11) is 0. The van der Waals surface area contributed by atoms with Crippen LogP contribution in [0.5, 0.6) is 0 Å². The van der Waals surface area contributed by atoms with Crippen molar-refractivity contribution in [3.63, 3.8) is 0 Å². The summed E-state index contributed by atoms with van der Waals surface area (Å²) in [4.78, 5) is 5.22. The molecule has 1 aromatic heterocycles. The molecule has 0 N–H and O–H groups in total. The van der Waals surface area contributed by atoms with Crippen LogP contribution in [0.3, 0.4) is 0 Å². The number of rotatable bonds is 7. The third kappa shape index (κ3) is 5.41. The monoisotopic (exact) mass is 368 g/mol. The molecule has 2 aromatic rings. The Hall–Kier alpha value is -1.69. The van der Waals surface area contributed by atoms with E-state index in [1.54, 1.807) is 0 Å². The number of likely N-dealkylation sites (tertiary alicyclic amines) is 1. The zero-order valence-electron chi connectivity index (χ0n) is 16.3. The fourth-order valence-electron chi connectivity index (χ4n) is 4.37. The highest BCUT2D eigenvalue weighted by molar-refractivity contribution is 5.13. The molecule has 2 aliphatic rings. The lowest BCUT2D eigenvalue weighted by Crippen LogP contribution is -2.39. The number of benzene rings is 1. The number of aromatic nitrogens is 2. The van der Waals surface area contributed by atoms with E-state index in [0.717, 1.165) is 32.8 Å². The van der Waals surface area contributed by atoms with Gasteiger partial charge in [0.05, 0.1) is 18.9 Å². The molecule has 146 valence electrons. The Labute approximate surface area is 162 Å². The standard InChI is InChI=1S/C22H32N4O/c1-3-7-20(8-4-1)19-27-14-13-25-16-21(15-24-11-5-2-6-12-24)17-26-22(18-25)9-10-23-26/h1,3-4,7-10,21H,2,5-6,11-19H2/t21-/m1/s1. The molecule has 5 heteroatoms. The normalized spacial score (nSPS) is 21.7. The topological polar surface area (TPSA) is 33.5 Å². The highest BCUT2D eigenvalue weighted by Crippen LogP contribution is 2.18. The molecule has 0 bridgehead atoms. The van der Waals surface area contributed by atoms with E-state index >= 15 is 0 Å². The Balaban J connectivity index is 1.30. The maximum Gasteiger partial charge on any atom is 0.0717 e. The van der Waals surface area contributed by atoms with E-state index in [-0.39, 0.29) is 0 Å². The smallest absolute Gasteiger partial charge is 0.0717 e. The van der Waals surface area contributed by atoms with E-state index < -0.39 is 0 Å². The number of piperidine rings is 1. The fourth-order valence-corrected chi connectivity index (χ4v) is 4.37. The average molecular weight is 369 g/mol. The summed E-state index contributed by atoms with van der Waals surface area (Å²) in [6.45, 7) is 9.34. The Morgan fingerprint density at radius 3 is 2.67 bits per heavy atom. The van der Waals surface area contributed by atoms with E-state index in [0.29, 0.717) is 12.5 Å². The molecule has 5 nitrogen and oxygen atoms in total. The molecule has 27 heavy (non-hydrogen) atoms. The van der Waals surface area contributed by atoms with Crippen molar-refractivity contribution in [3.05, 3.63) is 53.9 Å². The molecule has 2 aliphatic heterocycles. The van der Waals surface area contributed by atoms with Crippen LogP contribution in [0.2, 0.25) is 0 Å². The largest absolute Gasteiger partial charge is 0.375 e. The number of ether oxygens (including phenoxy) is 1. The fraction of sp³-hybridized carbons (Fsp3) is 0.591. The van der Waals surface area contributed by atoms with Gasteiger partial charge in [0.1, 0.15) is 0 Å². The predicted molar refractivity (Wildman–Crippen MR) is 107 cm³/mol. The van der Waals surface area contributed by atoms with Crippen LogP contribution in [0, 0.1) is 5.92 Å². The van der Waals surface area contributed by atoms with Gasteiger partial charge < -0.3 is 9.64 Å². The second-order valence-corrected chi connectivity index (χ2v) is 8.01. The van der Waals surface area contributed by atoms with Gasteiger partial charge in [0.15, 0.2) is 0 Å². The minimum Gasteiger partial charge on any atom is -0.375 e. The summed E-state index contributed by atoms with van der Waals surface area (Å²) in [5.74, 6) is 0.637. The summed E-state index contributed by atoms with van der Waals surface area (Å²) in [5.41, 5.74) is 2.58. The van der Waals surface area contributed by atoms with Gasteiger partial charge in [-0.05, 0) is 37.6 Å². The second-order valence-electron chi connectivity index (χ2n) is 8.01. The number of hydrogen-bond acceptors (Lipinski definition) is 4. The molecule has 3 heterocycles. The predicted octanol–water partition coefficient (Wildman–Crippen LogP) is 3.02. The second kappa shape index (κ2) is 9.49. The zero-order valence-corrected chi connectivity index (χ0v) is 16.3. The first-order valence-electron chi connectivity index (χ1n) is 10.4. The zero-order chi connectivity index (χ0) is 18.3. The van der Waals surface area contributed by atoms with Crippen LogP contribution in [0.15, 0.2) is 42.6 Å². The van der Waals surface area contributed by atoms with Crippen molar-refractivity contribution in [1.82, 2.24) is 19.6 Å². The molecule has 0 saturated carbocycles. The summed E-state index contributed by atoms with van der Waals surface area (Å²) in [5, 5.41) is 4.57. The minimum atomic E-state index is 0.637. The Morgan fingerprint density at radius 2 is 1.81 bits per heavy atom. The van der Waals surface area contributed by atoms with Crippen LogP contribution in [0.1, 0.15) is 30.5 Å². The van der Waals surface area contributed by atoms with Gasteiger partial charge in [0, 0.05) is 44.8 Å². The summed E-state index contributed by atoms with van der Waals surface area (Å²) in [6, 6.07) is 12.6. The van der Waals surface area contributed by atoms with E-state index in [1.807, 2.05) is 12.3 Å². The van der Waals surface area contributed by atoms with E-state index in [2.05, 4.69) is 49.9 Å². The van der Waals surface area contributed by atoms with Gasteiger partial charge in [-0.1, -0.05) is 36.8 Å². The molecule has 0 unspecified atom stereocenters. The van der Waals surface area contributed by atoms with Crippen LogP contribution in [0.4, 0.5) is 0 Å². The number of fused-ring (bicyclic) bond motifs is 1. The lowest BCUT2D eigenvalue weighted by atomic mass is 10.1. The van der Waals surface area contributed by atoms with Crippen molar-refractivity contribution < 1.29 is 4.74 Å². The Kier molecular flexibility index (Phi) is 6.56. The van der Waals surface area contributed by atoms with Crippen molar-refractivity contribution in [1.29, 1.82) is 0 Å². The van der Waals surface area contributed by atoms with E-state index in [9.17, 15) is 0 Å². The first kappa shape index (κ1) is 18.7. The quantitative estimate of drug-likeness (QED) is 0.704. The van der Waals surface area contributed by atoms with Crippen molar-refractivity contribution in [3.8, 4) is 0 Å². The van der Waals surface area contributed by atoms with Gasteiger partial charge in [-0.3, -0.25) is 9.58 Å². The molecule has 4 rings (SSSR count). The van der Waals surface area contributed by atoms with Crippen LogP contribution in [0.25, 0.3) is 0 Å². The van der Waals surface area contributed by atoms with Gasteiger partial charge in [0.2, 0.25) is 0 Å². The molecule has 1 saturated heterocycles. The Morgan fingerprint density at radius 1 is 0.963 bits per heavy atom. The maximum absolute atomic E-state index is 5.94. The van der Waals surface area contributed by atoms with Crippen molar-refractivity contribution in [2.24, 2.45) is 5.92 Å². The van der Waals surface area contributed by atoms with Crippen molar-refractivity contribution in [2.45, 2.75) is 39.0 Å². The minimum absolute atomic E-state index is 0.637. The molecule has 0 amide bonds. The number of nitrogens with zero attached hydrogens (tertiary/aromatic N) is 4. The first-order valence-corrected chi connectivity index (χ1v) is 10.4. The van der Waals surface area contributed by atoms with Crippen molar-refractivity contribution in [2.75, 3.05) is 39.3 Å². The lowest BCUT2D eigenvalue weighted by Gasteiger charge is -2.31. The summed E-state index contributed by atoms with van der Waals surface area (Å²) < 4.78 is 8.17. The highest BCUT2D eigenvalue weighted by Gasteiger charge is 2.24. The van der Waals surface area contributed by atoms with E-state index in [1.165, 1.54) is 50.2 Å². The molecule has 1 aromatic carbocycles. The third-order valence-electron chi connectivity index (χ3n) is 5.77. The van der Waals surface area contributed by atoms with Gasteiger partial charge >= 0.3 is 0 Å². The molecule has 1 atom stereocenters. The summed E-state index contributed by atoms with van der Waals surface area (Å²) >= 11 is 0. The Bertz CT molecular complexity index is 681. The highest BCUT2D eigenvalue weighted by atomic mass is 16.5. The third-order valence-corrected chi connectivity index (χ3v) is 5.77. The first-order chi connectivity index (χ1) is 13.4. The van der Waals surface area contributed by atoms with Crippen LogP contribution in [-0.4, -0.2) is 58.9 Å². The maximum atomic E-state index is 5.94. The van der Waals surface area contributed by atoms with Gasteiger partial charge in [-0.2, -0.15) is 5.10 Å². The van der Waals surface area contributed by atoms with Gasteiger partial charge in [-0.15, -0.1) is 0 Å². The molecular weight excluding hydrogens is 336 g/mol. The van der Waals surface area contributed by atoms with Crippen LogP contribution in [-0.2, 0) is 24.4 Å². The SMILES string of the molecule is c1ccc(COCCN2Cc3ccnn3C[C@H](CN3CCCCC3)C2)cc1. The van der Waals surface area contributed by atoms with Crippen LogP contribution < -0.4 is 0 Å². The molecule has 0 spiro atoms. The number of hydrogen-bond donors (Lipinski definition) is 0. The summed E-state index contributed by atoms with van der Waals surface area (Å²) in [6.07, 6.45) is 6.06. The average Bonchev–Trinajstić information content (AvgIpc) is 3.06. The van der Waals surface area contributed by atoms with Crippen molar-refractivity contribution >= 4 is 0 Å². The molecule has 0 radical (unpaired) electrons. The molecular formula is C22H32N4O. The van der Waals surface area contributed by atoms with E-state index in [4.69, 9.17) is 4.74 Å². The van der Waals surface area contributed by atoms with Gasteiger partial charge in [0.25, 0.3) is 0 Å². The molecule has 0 aliphatic carbocycles. The van der Waals surface area contributed by atoms with Crippen LogP contribution >= 0.6 is 0 Å².